The Bertz CT molecular complexity index is 346. The van der Waals surface area contributed by atoms with Crippen molar-refractivity contribution in [2.24, 2.45) is 0 Å². The third kappa shape index (κ3) is 5.65. The van der Waals surface area contributed by atoms with E-state index in [-0.39, 0.29) is 0 Å². The number of carbonyl (C=O) groups is 2. The van der Waals surface area contributed by atoms with Crippen LogP contribution < -0.4 is 0 Å². The van der Waals surface area contributed by atoms with Crippen molar-refractivity contribution in [3.05, 3.63) is 0 Å². The van der Waals surface area contributed by atoms with Crippen molar-refractivity contribution in [3.8, 4) is 0 Å². The van der Waals surface area contributed by atoms with E-state index in [2.05, 4.69) is 0 Å². The monoisotopic (exact) mass is 296 g/mol. The highest BCUT2D eigenvalue weighted by Crippen LogP contribution is 2.11. The van der Waals surface area contributed by atoms with E-state index < -0.39 is 0 Å². The molecule has 0 aromatic heterocycles. The molecule has 0 aromatic rings. The van der Waals surface area contributed by atoms with E-state index in [1.165, 1.54) is 0 Å². The van der Waals surface area contributed by atoms with Crippen molar-refractivity contribution < 1.29 is 14.3 Å². The van der Waals surface area contributed by atoms with E-state index in [4.69, 9.17) is 4.74 Å². The maximum absolute atomic E-state index is 11.6. The Morgan fingerprint density at radius 3 is 2.10 bits per heavy atom. The fourth-order valence-corrected chi connectivity index (χ4v) is 3.00. The van der Waals surface area contributed by atoms with Crippen molar-refractivity contribution in [1.82, 2.24) is 9.80 Å². The normalized spacial score (nSPS) is 19.6. The number of rotatable bonds is 9. The standard InChI is InChI=1S/C16H28N2O3/c19-15-7-1-2-9-17(15)10-3-4-13-21-14-6-12-18-11-5-8-16(18)20/h1-14H2. The van der Waals surface area contributed by atoms with Gasteiger partial charge in [-0.2, -0.15) is 0 Å². The van der Waals surface area contributed by atoms with Gasteiger partial charge in [0.1, 0.15) is 0 Å². The molecule has 0 aromatic carbocycles. The van der Waals surface area contributed by atoms with E-state index in [0.717, 1.165) is 90.8 Å². The summed E-state index contributed by atoms with van der Waals surface area (Å²) in [7, 11) is 0. The number of carbonyl (C=O) groups excluding carboxylic acids is 2. The van der Waals surface area contributed by atoms with Crippen LogP contribution in [0.1, 0.15) is 51.4 Å². The Labute approximate surface area is 127 Å². The average Bonchev–Trinajstić information content (AvgIpc) is 2.89. The van der Waals surface area contributed by atoms with Crippen LogP contribution in [-0.2, 0) is 14.3 Å². The van der Waals surface area contributed by atoms with Gasteiger partial charge in [0.2, 0.25) is 11.8 Å². The molecule has 5 heteroatoms. The first kappa shape index (κ1) is 16.3. The molecule has 21 heavy (non-hydrogen) atoms. The maximum Gasteiger partial charge on any atom is 0.222 e. The second kappa shape index (κ2) is 9.03. The van der Waals surface area contributed by atoms with Gasteiger partial charge in [-0.05, 0) is 38.5 Å². The van der Waals surface area contributed by atoms with Crippen molar-refractivity contribution in [2.75, 3.05) is 39.4 Å². The van der Waals surface area contributed by atoms with Crippen LogP contribution in [0.15, 0.2) is 0 Å². The smallest absolute Gasteiger partial charge is 0.222 e. The molecule has 5 nitrogen and oxygen atoms in total. The summed E-state index contributed by atoms with van der Waals surface area (Å²) in [5.41, 5.74) is 0. The highest BCUT2D eigenvalue weighted by molar-refractivity contribution is 5.78. The fourth-order valence-electron chi connectivity index (χ4n) is 3.00. The minimum atomic E-state index is 0.293. The number of likely N-dealkylation sites (tertiary alicyclic amines) is 2. The Hall–Kier alpha value is -1.10. The van der Waals surface area contributed by atoms with Gasteiger partial charge in [-0.25, -0.2) is 0 Å². The number of piperidine rings is 1. The quantitative estimate of drug-likeness (QED) is 0.610. The lowest BCUT2D eigenvalue weighted by molar-refractivity contribution is -0.133. The molecule has 2 heterocycles. The van der Waals surface area contributed by atoms with E-state index >= 15 is 0 Å². The number of unbranched alkanes of at least 4 members (excludes halogenated alkanes) is 1. The van der Waals surface area contributed by atoms with Gasteiger partial charge in [0.25, 0.3) is 0 Å². The number of ether oxygens (including phenoxy) is 1. The summed E-state index contributed by atoms with van der Waals surface area (Å²) in [5.74, 6) is 0.610. The Morgan fingerprint density at radius 2 is 1.38 bits per heavy atom. The van der Waals surface area contributed by atoms with E-state index in [1.807, 2.05) is 9.80 Å². The molecule has 2 aliphatic heterocycles. The molecular formula is C16H28N2O3. The summed E-state index contributed by atoms with van der Waals surface area (Å²) in [4.78, 5) is 26.9. The van der Waals surface area contributed by atoms with Crippen LogP contribution in [0, 0.1) is 0 Å². The largest absolute Gasteiger partial charge is 0.381 e. The van der Waals surface area contributed by atoms with Crippen LogP contribution in [-0.4, -0.2) is 61.0 Å². The van der Waals surface area contributed by atoms with Crippen LogP contribution in [0.2, 0.25) is 0 Å². The lowest BCUT2D eigenvalue weighted by Crippen LogP contribution is -2.36. The van der Waals surface area contributed by atoms with Gasteiger partial charge < -0.3 is 14.5 Å². The van der Waals surface area contributed by atoms with Crippen LogP contribution in [0.3, 0.4) is 0 Å². The third-order valence-electron chi connectivity index (χ3n) is 4.28. The zero-order valence-electron chi connectivity index (χ0n) is 13.0. The Balaban J connectivity index is 1.40. The molecule has 2 fully saturated rings. The minimum Gasteiger partial charge on any atom is -0.381 e. The number of amides is 2. The van der Waals surface area contributed by atoms with Crippen molar-refractivity contribution in [1.29, 1.82) is 0 Å². The molecule has 2 amide bonds. The predicted octanol–water partition coefficient (Wildman–Crippen LogP) is 1.81. The summed E-state index contributed by atoms with van der Waals surface area (Å²) < 4.78 is 5.60. The first-order chi connectivity index (χ1) is 10.3. The Morgan fingerprint density at radius 1 is 0.762 bits per heavy atom. The van der Waals surface area contributed by atoms with E-state index in [9.17, 15) is 9.59 Å². The molecule has 0 atom stereocenters. The molecule has 2 aliphatic rings. The second-order valence-electron chi connectivity index (χ2n) is 6.00. The highest BCUT2D eigenvalue weighted by Gasteiger charge is 2.19. The number of hydrogen-bond donors (Lipinski definition) is 0. The number of hydrogen-bond acceptors (Lipinski definition) is 3. The lowest BCUT2D eigenvalue weighted by atomic mass is 10.1. The summed E-state index contributed by atoms with van der Waals surface area (Å²) in [6.45, 7) is 5.06. The average molecular weight is 296 g/mol. The number of nitrogens with zero attached hydrogens (tertiary/aromatic N) is 2. The molecule has 0 bridgehead atoms. The second-order valence-corrected chi connectivity index (χ2v) is 6.00. The summed E-state index contributed by atoms with van der Waals surface area (Å²) in [6, 6.07) is 0. The third-order valence-corrected chi connectivity index (χ3v) is 4.28. The first-order valence-electron chi connectivity index (χ1n) is 8.40. The Kier molecular flexibility index (Phi) is 7.00. The van der Waals surface area contributed by atoms with Crippen molar-refractivity contribution >= 4 is 11.8 Å². The SMILES string of the molecule is O=C1CCCCN1CCCCOCCCN1CCCC1=O. The maximum atomic E-state index is 11.6. The van der Waals surface area contributed by atoms with Crippen molar-refractivity contribution in [3.63, 3.8) is 0 Å². The summed E-state index contributed by atoms with van der Waals surface area (Å²) in [6.07, 6.45) is 7.62. The van der Waals surface area contributed by atoms with Crippen LogP contribution in [0.25, 0.3) is 0 Å². The lowest BCUT2D eigenvalue weighted by Gasteiger charge is -2.26. The van der Waals surface area contributed by atoms with Gasteiger partial charge >= 0.3 is 0 Å². The van der Waals surface area contributed by atoms with Crippen LogP contribution in [0.4, 0.5) is 0 Å². The molecule has 0 N–H and O–H groups in total. The molecular weight excluding hydrogens is 268 g/mol. The zero-order chi connectivity index (χ0) is 14.9. The molecule has 2 rings (SSSR count). The van der Waals surface area contributed by atoms with Crippen molar-refractivity contribution in [2.45, 2.75) is 51.4 Å². The molecule has 0 spiro atoms. The van der Waals surface area contributed by atoms with Gasteiger partial charge in [0, 0.05) is 52.2 Å². The van der Waals surface area contributed by atoms with Gasteiger partial charge in [-0.15, -0.1) is 0 Å². The van der Waals surface area contributed by atoms with Crippen LogP contribution >= 0.6 is 0 Å². The molecule has 0 unspecified atom stereocenters. The fraction of sp³-hybridized carbons (Fsp3) is 0.875. The molecule has 0 aliphatic carbocycles. The summed E-state index contributed by atoms with van der Waals surface area (Å²) >= 11 is 0. The summed E-state index contributed by atoms with van der Waals surface area (Å²) in [5, 5.41) is 0. The van der Waals surface area contributed by atoms with E-state index in [0.29, 0.717) is 11.8 Å². The molecule has 2 saturated heterocycles. The van der Waals surface area contributed by atoms with Gasteiger partial charge in [-0.1, -0.05) is 0 Å². The highest BCUT2D eigenvalue weighted by atomic mass is 16.5. The topological polar surface area (TPSA) is 49.9 Å². The first-order valence-corrected chi connectivity index (χ1v) is 8.40. The van der Waals surface area contributed by atoms with E-state index in [1.54, 1.807) is 0 Å². The van der Waals surface area contributed by atoms with Gasteiger partial charge in [-0.3, -0.25) is 9.59 Å². The van der Waals surface area contributed by atoms with Gasteiger partial charge in [0.05, 0.1) is 0 Å². The zero-order valence-corrected chi connectivity index (χ0v) is 13.0. The molecule has 0 saturated carbocycles. The minimum absolute atomic E-state index is 0.293. The van der Waals surface area contributed by atoms with Gasteiger partial charge in [0.15, 0.2) is 0 Å². The molecule has 120 valence electrons. The van der Waals surface area contributed by atoms with Crippen LogP contribution in [0.5, 0.6) is 0 Å². The molecule has 0 radical (unpaired) electrons. The predicted molar refractivity (Wildman–Crippen MR) is 80.9 cm³/mol.